The topological polar surface area (TPSA) is 58.6 Å². The van der Waals surface area contributed by atoms with Gasteiger partial charge >= 0.3 is 6.18 Å². The van der Waals surface area contributed by atoms with Gasteiger partial charge in [-0.05, 0) is 18.2 Å². The van der Waals surface area contributed by atoms with Crippen LogP contribution in [0.4, 0.5) is 18.9 Å². The van der Waals surface area contributed by atoms with Crippen LogP contribution in [0.1, 0.15) is 18.9 Å². The third kappa shape index (κ3) is 6.37. The van der Waals surface area contributed by atoms with Crippen molar-refractivity contribution in [1.82, 2.24) is 4.90 Å². The maximum Gasteiger partial charge on any atom is 0.416 e. The van der Waals surface area contributed by atoms with Crippen LogP contribution < -0.4 is 5.32 Å². The molecule has 5 nitrogen and oxygen atoms in total. The summed E-state index contributed by atoms with van der Waals surface area (Å²) in [5, 5.41) is 2.33. The smallest absolute Gasteiger partial charge is 0.383 e. The molecule has 0 fully saturated rings. The zero-order valence-electron chi connectivity index (χ0n) is 13.2. The van der Waals surface area contributed by atoms with Crippen LogP contribution in [0.3, 0.4) is 0 Å². The molecule has 0 radical (unpaired) electrons. The minimum absolute atomic E-state index is 0.000781. The molecule has 0 unspecified atom stereocenters. The highest BCUT2D eigenvalue weighted by atomic mass is 35.5. The van der Waals surface area contributed by atoms with Crippen LogP contribution in [0.2, 0.25) is 5.02 Å². The van der Waals surface area contributed by atoms with Crippen molar-refractivity contribution in [3.05, 3.63) is 28.8 Å². The molecule has 0 aliphatic heterocycles. The van der Waals surface area contributed by atoms with E-state index in [2.05, 4.69) is 5.32 Å². The van der Waals surface area contributed by atoms with Crippen LogP contribution in [0, 0.1) is 0 Å². The Morgan fingerprint density at radius 2 is 1.96 bits per heavy atom. The number of carbonyl (C=O) groups excluding carboxylic acids is 2. The van der Waals surface area contributed by atoms with Crippen molar-refractivity contribution in [3.63, 3.8) is 0 Å². The Morgan fingerprint density at radius 3 is 2.50 bits per heavy atom. The summed E-state index contributed by atoms with van der Waals surface area (Å²) < 4.78 is 42.9. The average molecular weight is 367 g/mol. The number of nitrogens with one attached hydrogen (secondary N) is 1. The summed E-state index contributed by atoms with van der Waals surface area (Å²) in [6, 6.07) is 2.68. The number of methoxy groups -OCH3 is 1. The largest absolute Gasteiger partial charge is 0.416 e. The van der Waals surface area contributed by atoms with E-state index < -0.39 is 17.6 Å². The number of hydrogen-bond donors (Lipinski definition) is 1. The molecule has 9 heteroatoms. The van der Waals surface area contributed by atoms with Gasteiger partial charge in [-0.15, -0.1) is 0 Å². The number of nitrogens with zero attached hydrogens (tertiary/aromatic N) is 1. The highest BCUT2D eigenvalue weighted by Crippen LogP contribution is 2.33. The van der Waals surface area contributed by atoms with E-state index in [-0.39, 0.29) is 29.6 Å². The van der Waals surface area contributed by atoms with Gasteiger partial charge in [-0.2, -0.15) is 13.2 Å². The van der Waals surface area contributed by atoms with Crippen LogP contribution in [0.25, 0.3) is 0 Å². The molecule has 0 bridgehead atoms. The number of ether oxygens (including phenoxy) is 1. The van der Waals surface area contributed by atoms with Crippen LogP contribution in [-0.2, 0) is 20.5 Å². The quantitative estimate of drug-likeness (QED) is 0.806. The van der Waals surface area contributed by atoms with Crippen LogP contribution in [0.15, 0.2) is 18.2 Å². The standard InChI is InChI=1S/C15H18ClF3N2O3/c1-10(22)21(7-8-24-2)6-5-14(23)20-13-9-11(15(17,18)19)3-4-12(13)16/h3-4,9H,5-8H2,1-2H3,(H,20,23). The summed E-state index contributed by atoms with van der Waals surface area (Å²) in [6.07, 6.45) is -4.61. The third-order valence-electron chi connectivity index (χ3n) is 3.19. The Morgan fingerprint density at radius 1 is 1.29 bits per heavy atom. The second kappa shape index (κ2) is 8.89. The first kappa shape index (κ1) is 20.2. The van der Waals surface area contributed by atoms with E-state index in [1.165, 1.54) is 18.9 Å². The maximum absolute atomic E-state index is 12.7. The summed E-state index contributed by atoms with van der Waals surface area (Å²) in [5.74, 6) is -0.767. The Hall–Kier alpha value is -1.80. The maximum atomic E-state index is 12.7. The molecule has 0 saturated carbocycles. The van der Waals surface area contributed by atoms with Crippen molar-refractivity contribution in [2.45, 2.75) is 19.5 Å². The van der Waals surface area contributed by atoms with Gasteiger partial charge in [0.05, 0.1) is 22.9 Å². The van der Waals surface area contributed by atoms with Gasteiger partial charge in [0.25, 0.3) is 0 Å². The highest BCUT2D eigenvalue weighted by molar-refractivity contribution is 6.33. The van der Waals surface area contributed by atoms with Gasteiger partial charge in [0.1, 0.15) is 0 Å². The summed E-state index contributed by atoms with van der Waals surface area (Å²) in [7, 11) is 1.49. The predicted molar refractivity (Wildman–Crippen MR) is 83.8 cm³/mol. The number of rotatable bonds is 7. The van der Waals surface area contributed by atoms with Gasteiger partial charge in [-0.1, -0.05) is 11.6 Å². The van der Waals surface area contributed by atoms with Crippen molar-refractivity contribution in [3.8, 4) is 0 Å². The monoisotopic (exact) mass is 366 g/mol. The second-order valence-corrected chi connectivity index (χ2v) is 5.40. The molecule has 1 aromatic carbocycles. The molecule has 0 spiro atoms. The molecule has 0 aliphatic rings. The molecule has 1 aromatic rings. The number of carbonyl (C=O) groups is 2. The second-order valence-electron chi connectivity index (χ2n) is 4.99. The van der Waals surface area contributed by atoms with Crippen molar-refractivity contribution in [2.24, 2.45) is 0 Å². The fraction of sp³-hybridized carbons (Fsp3) is 0.467. The van der Waals surface area contributed by atoms with Crippen molar-refractivity contribution in [1.29, 1.82) is 0 Å². The van der Waals surface area contributed by atoms with Gasteiger partial charge in [0.15, 0.2) is 0 Å². The summed E-state index contributed by atoms with van der Waals surface area (Å²) in [6.45, 7) is 2.13. The zero-order valence-corrected chi connectivity index (χ0v) is 14.0. The minimum atomic E-state index is -4.53. The Kier molecular flexibility index (Phi) is 7.50. The first-order chi connectivity index (χ1) is 11.1. The highest BCUT2D eigenvalue weighted by Gasteiger charge is 2.31. The van der Waals surface area contributed by atoms with Gasteiger partial charge in [-0.3, -0.25) is 9.59 Å². The van der Waals surface area contributed by atoms with Crippen LogP contribution in [-0.4, -0.2) is 43.5 Å². The van der Waals surface area contributed by atoms with Crippen molar-refractivity contribution >= 4 is 29.1 Å². The first-order valence-electron chi connectivity index (χ1n) is 7.06. The number of alkyl halides is 3. The summed E-state index contributed by atoms with van der Waals surface area (Å²) in [4.78, 5) is 24.7. The Bertz CT molecular complexity index is 594. The third-order valence-corrected chi connectivity index (χ3v) is 3.52. The van der Waals surface area contributed by atoms with Crippen LogP contribution in [0.5, 0.6) is 0 Å². The molecule has 134 valence electrons. The molecule has 0 aliphatic carbocycles. The normalized spacial score (nSPS) is 11.2. The predicted octanol–water partition coefficient (Wildman–Crippen LogP) is 3.18. The van der Waals surface area contributed by atoms with Gasteiger partial charge < -0.3 is 15.0 Å². The lowest BCUT2D eigenvalue weighted by atomic mass is 10.2. The number of benzene rings is 1. The molecule has 1 rings (SSSR count). The van der Waals surface area contributed by atoms with E-state index in [4.69, 9.17) is 16.3 Å². The molecule has 0 saturated heterocycles. The van der Waals surface area contributed by atoms with Gasteiger partial charge in [0.2, 0.25) is 11.8 Å². The lowest BCUT2D eigenvalue weighted by molar-refractivity contribution is -0.137. The first-order valence-corrected chi connectivity index (χ1v) is 7.44. The Labute approximate surface area is 142 Å². The summed E-state index contributed by atoms with van der Waals surface area (Å²) >= 11 is 5.81. The van der Waals surface area contributed by atoms with E-state index in [1.54, 1.807) is 0 Å². The van der Waals surface area contributed by atoms with E-state index in [1.807, 2.05) is 0 Å². The molecule has 2 amide bonds. The average Bonchev–Trinajstić information content (AvgIpc) is 2.48. The number of amides is 2. The molecule has 0 atom stereocenters. The fourth-order valence-electron chi connectivity index (χ4n) is 1.87. The lowest BCUT2D eigenvalue weighted by Gasteiger charge is -2.20. The van der Waals surface area contributed by atoms with E-state index in [0.29, 0.717) is 13.2 Å². The van der Waals surface area contributed by atoms with Gasteiger partial charge in [-0.25, -0.2) is 0 Å². The number of halogens is 4. The van der Waals surface area contributed by atoms with Gasteiger partial charge in [0, 0.05) is 33.5 Å². The SMILES string of the molecule is COCCN(CCC(=O)Nc1cc(C(F)(F)F)ccc1Cl)C(C)=O. The van der Waals surface area contributed by atoms with E-state index in [9.17, 15) is 22.8 Å². The molecule has 0 heterocycles. The summed E-state index contributed by atoms with van der Waals surface area (Å²) in [5.41, 5.74) is -1.03. The molecule has 24 heavy (non-hydrogen) atoms. The molecule has 1 N–H and O–H groups in total. The molecule has 0 aromatic heterocycles. The van der Waals surface area contributed by atoms with E-state index >= 15 is 0 Å². The number of hydrogen-bond acceptors (Lipinski definition) is 3. The molecular weight excluding hydrogens is 349 g/mol. The molecular formula is C15H18ClF3N2O3. The minimum Gasteiger partial charge on any atom is -0.383 e. The van der Waals surface area contributed by atoms with Crippen LogP contribution >= 0.6 is 11.6 Å². The Balaban J connectivity index is 2.69. The van der Waals surface area contributed by atoms with Crippen molar-refractivity contribution in [2.75, 3.05) is 32.1 Å². The van der Waals surface area contributed by atoms with Crippen molar-refractivity contribution < 1.29 is 27.5 Å². The fourth-order valence-corrected chi connectivity index (χ4v) is 2.04. The lowest BCUT2D eigenvalue weighted by Crippen LogP contribution is -2.34. The van der Waals surface area contributed by atoms with E-state index in [0.717, 1.165) is 18.2 Å². The zero-order chi connectivity index (χ0) is 18.3. The number of anilines is 1.